The maximum Gasteiger partial charge on any atom is 0.323 e. The van der Waals surface area contributed by atoms with Crippen molar-refractivity contribution in [2.75, 3.05) is 16.0 Å². The molecule has 0 fully saturated rings. The van der Waals surface area contributed by atoms with Crippen LogP contribution in [-0.2, 0) is 27.2 Å². The summed E-state index contributed by atoms with van der Waals surface area (Å²) in [5.74, 6) is -1.61. The van der Waals surface area contributed by atoms with Gasteiger partial charge in [0.15, 0.2) is 5.13 Å². The van der Waals surface area contributed by atoms with E-state index >= 15 is 0 Å². The topological polar surface area (TPSA) is 150 Å². The zero-order chi connectivity index (χ0) is 27.7. The van der Waals surface area contributed by atoms with Gasteiger partial charge in [-0.3, -0.25) is 14.4 Å². The molecule has 1 aromatic heterocycles. The Morgan fingerprint density at radius 1 is 0.947 bits per heavy atom. The molecule has 0 aliphatic rings. The molecule has 0 radical (unpaired) electrons. The molecule has 3 rings (SSSR count). The second kappa shape index (κ2) is 13.3. The number of carbonyl (C=O) groups excluding carboxylic acids is 3. The van der Waals surface area contributed by atoms with E-state index in [1.54, 1.807) is 29.6 Å². The Labute approximate surface area is 224 Å². The summed E-state index contributed by atoms with van der Waals surface area (Å²) >= 11 is 1.13. The first kappa shape index (κ1) is 28.3. The summed E-state index contributed by atoms with van der Waals surface area (Å²) in [6.07, 6.45) is 0.242. The van der Waals surface area contributed by atoms with Crippen molar-refractivity contribution < 1.29 is 24.3 Å². The summed E-state index contributed by atoms with van der Waals surface area (Å²) in [4.78, 5) is 52.8. The molecule has 11 heteroatoms. The molecule has 0 bridgehead atoms. The van der Waals surface area contributed by atoms with Crippen molar-refractivity contribution in [3.8, 4) is 0 Å². The van der Waals surface area contributed by atoms with E-state index in [4.69, 9.17) is 5.11 Å². The first-order valence-corrected chi connectivity index (χ1v) is 13.0. The van der Waals surface area contributed by atoms with Crippen LogP contribution in [0.5, 0.6) is 0 Å². The molecule has 200 valence electrons. The first-order valence-electron chi connectivity index (χ1n) is 12.1. The zero-order valence-corrected chi connectivity index (χ0v) is 22.2. The maximum atomic E-state index is 12.8. The zero-order valence-electron chi connectivity index (χ0n) is 21.4. The fourth-order valence-corrected chi connectivity index (χ4v) is 4.34. The van der Waals surface area contributed by atoms with Crippen molar-refractivity contribution in [3.63, 3.8) is 0 Å². The van der Waals surface area contributed by atoms with Crippen LogP contribution in [0.1, 0.15) is 37.1 Å². The minimum Gasteiger partial charge on any atom is -0.481 e. The van der Waals surface area contributed by atoms with Crippen molar-refractivity contribution in [1.82, 2.24) is 10.3 Å². The maximum absolute atomic E-state index is 12.8. The minimum absolute atomic E-state index is 0.0531. The summed E-state index contributed by atoms with van der Waals surface area (Å²) in [6.45, 7) is 5.80. The van der Waals surface area contributed by atoms with Crippen molar-refractivity contribution in [2.45, 2.75) is 46.1 Å². The van der Waals surface area contributed by atoms with Gasteiger partial charge in [-0.05, 0) is 48.6 Å². The lowest BCUT2D eigenvalue weighted by molar-refractivity contribution is -0.136. The van der Waals surface area contributed by atoms with Gasteiger partial charge in [0.25, 0.3) is 0 Å². The van der Waals surface area contributed by atoms with Crippen LogP contribution < -0.4 is 21.3 Å². The van der Waals surface area contributed by atoms with E-state index in [9.17, 15) is 19.2 Å². The third kappa shape index (κ3) is 9.00. The molecule has 0 spiro atoms. The van der Waals surface area contributed by atoms with E-state index in [1.165, 1.54) is 0 Å². The summed E-state index contributed by atoms with van der Waals surface area (Å²) < 4.78 is 0. The van der Waals surface area contributed by atoms with Gasteiger partial charge in [0.1, 0.15) is 6.04 Å². The fourth-order valence-electron chi connectivity index (χ4n) is 3.63. The fraction of sp³-hybridized carbons (Fsp3) is 0.296. The molecule has 0 unspecified atom stereocenters. The van der Waals surface area contributed by atoms with Crippen molar-refractivity contribution in [3.05, 3.63) is 70.7 Å². The van der Waals surface area contributed by atoms with Gasteiger partial charge in [0.05, 0.1) is 18.5 Å². The smallest absolute Gasteiger partial charge is 0.323 e. The van der Waals surface area contributed by atoms with Gasteiger partial charge in [0.2, 0.25) is 11.8 Å². The molecule has 5 N–H and O–H groups in total. The number of rotatable bonds is 11. The molecular formula is C27H31N5O5S. The van der Waals surface area contributed by atoms with E-state index in [0.29, 0.717) is 29.1 Å². The number of aliphatic carboxylic acids is 1. The van der Waals surface area contributed by atoms with E-state index in [2.05, 4.69) is 26.3 Å². The van der Waals surface area contributed by atoms with Crippen LogP contribution in [0.25, 0.3) is 0 Å². The van der Waals surface area contributed by atoms with Gasteiger partial charge < -0.3 is 26.4 Å². The van der Waals surface area contributed by atoms with Crippen LogP contribution in [0.4, 0.5) is 21.3 Å². The summed E-state index contributed by atoms with van der Waals surface area (Å²) in [7, 11) is 0. The number of amides is 4. The minimum atomic E-state index is -1.01. The standard InChI is InChI=1S/C27H31N5O5S/c1-16(2)12-22(25(36)32-27-29-20(15-38-27)14-24(34)35)30-23(33)13-18-8-10-19(11-9-18)28-26(37)31-21-7-5-4-6-17(21)3/h4-11,15-16,22H,12-14H2,1-3H3,(H,30,33)(H,34,35)(H2,28,31,37)(H,29,32,36)/t22-/m0/s1. The quantitative estimate of drug-likeness (QED) is 0.244. The molecule has 1 heterocycles. The number of urea groups is 1. The lowest BCUT2D eigenvalue weighted by Crippen LogP contribution is -2.45. The molecule has 10 nitrogen and oxygen atoms in total. The Morgan fingerprint density at radius 2 is 1.66 bits per heavy atom. The summed E-state index contributed by atoms with van der Waals surface area (Å²) in [5, 5.41) is 21.8. The number of hydrogen-bond acceptors (Lipinski definition) is 6. The largest absolute Gasteiger partial charge is 0.481 e. The molecule has 0 saturated heterocycles. The molecule has 1 atom stereocenters. The van der Waals surface area contributed by atoms with Gasteiger partial charge in [0, 0.05) is 16.8 Å². The third-order valence-electron chi connectivity index (χ3n) is 5.44. The Hall–Kier alpha value is -4.25. The van der Waals surface area contributed by atoms with Gasteiger partial charge in [-0.1, -0.05) is 44.2 Å². The molecule has 2 aromatic carbocycles. The monoisotopic (exact) mass is 537 g/mol. The number of hydrogen-bond donors (Lipinski definition) is 5. The lowest BCUT2D eigenvalue weighted by Gasteiger charge is -2.19. The molecule has 0 aliphatic heterocycles. The highest BCUT2D eigenvalue weighted by atomic mass is 32.1. The lowest BCUT2D eigenvalue weighted by atomic mass is 10.0. The van der Waals surface area contributed by atoms with Crippen molar-refractivity contribution >= 4 is 51.7 Å². The Morgan fingerprint density at radius 3 is 2.32 bits per heavy atom. The van der Waals surface area contributed by atoms with Gasteiger partial charge in [-0.25, -0.2) is 9.78 Å². The highest BCUT2D eigenvalue weighted by molar-refractivity contribution is 7.13. The number of carbonyl (C=O) groups is 4. The van der Waals surface area contributed by atoms with Gasteiger partial charge >= 0.3 is 12.0 Å². The summed E-state index contributed by atoms with van der Waals surface area (Å²) in [6, 6.07) is 13.2. The second-order valence-corrected chi connectivity index (χ2v) is 10.1. The number of aromatic nitrogens is 1. The number of nitrogens with zero attached hydrogens (tertiary/aromatic N) is 1. The van der Waals surface area contributed by atoms with Crippen LogP contribution in [0.15, 0.2) is 53.9 Å². The van der Waals surface area contributed by atoms with E-state index < -0.39 is 17.9 Å². The molecule has 38 heavy (non-hydrogen) atoms. The number of thiazole rings is 1. The highest BCUT2D eigenvalue weighted by Gasteiger charge is 2.23. The molecule has 0 aliphatic carbocycles. The van der Waals surface area contributed by atoms with E-state index in [1.807, 2.05) is 45.0 Å². The Balaban J connectivity index is 1.54. The predicted molar refractivity (Wildman–Crippen MR) is 147 cm³/mol. The van der Waals surface area contributed by atoms with Crippen LogP contribution in [0, 0.1) is 12.8 Å². The van der Waals surface area contributed by atoms with Crippen LogP contribution >= 0.6 is 11.3 Å². The van der Waals surface area contributed by atoms with Crippen molar-refractivity contribution in [1.29, 1.82) is 0 Å². The van der Waals surface area contributed by atoms with Gasteiger partial charge in [-0.2, -0.15) is 0 Å². The van der Waals surface area contributed by atoms with Crippen molar-refractivity contribution in [2.24, 2.45) is 5.92 Å². The number of para-hydroxylation sites is 1. The summed E-state index contributed by atoms with van der Waals surface area (Å²) in [5.41, 5.74) is 3.31. The number of nitrogens with one attached hydrogen (secondary N) is 4. The first-order chi connectivity index (χ1) is 18.1. The second-order valence-electron chi connectivity index (χ2n) is 9.22. The molecule has 4 amide bonds. The van der Waals surface area contributed by atoms with E-state index in [-0.39, 0.29) is 35.8 Å². The highest BCUT2D eigenvalue weighted by Crippen LogP contribution is 2.18. The Kier molecular flexibility index (Phi) is 9.94. The average Bonchev–Trinajstić information content (AvgIpc) is 3.27. The number of anilines is 3. The van der Waals surface area contributed by atoms with Gasteiger partial charge in [-0.15, -0.1) is 11.3 Å². The Bertz CT molecular complexity index is 1290. The number of aryl methyl sites for hydroxylation is 1. The average molecular weight is 538 g/mol. The van der Waals surface area contributed by atoms with Crippen LogP contribution in [-0.4, -0.2) is 39.9 Å². The molecular weight excluding hydrogens is 506 g/mol. The number of carboxylic acid groups (broad SMARTS) is 1. The van der Waals surface area contributed by atoms with E-state index in [0.717, 1.165) is 16.9 Å². The van der Waals surface area contributed by atoms with Crippen LogP contribution in [0.3, 0.4) is 0 Å². The predicted octanol–water partition coefficient (Wildman–Crippen LogP) is 4.43. The number of carboxylic acids is 1. The normalized spacial score (nSPS) is 11.5. The molecule has 0 saturated carbocycles. The number of benzene rings is 2. The SMILES string of the molecule is Cc1ccccc1NC(=O)Nc1ccc(CC(=O)N[C@@H](CC(C)C)C(=O)Nc2nc(CC(=O)O)cs2)cc1. The van der Waals surface area contributed by atoms with Crippen LogP contribution in [0.2, 0.25) is 0 Å². The molecule has 3 aromatic rings. The third-order valence-corrected chi connectivity index (χ3v) is 6.25.